The Balaban J connectivity index is 2.19. The predicted octanol–water partition coefficient (Wildman–Crippen LogP) is 3.84. The zero-order valence-corrected chi connectivity index (χ0v) is 14.1. The van der Waals surface area contributed by atoms with Gasteiger partial charge in [-0.2, -0.15) is 0 Å². The lowest BCUT2D eigenvalue weighted by molar-refractivity contribution is 0.601. The Morgan fingerprint density at radius 2 is 1.77 bits per heavy atom. The van der Waals surface area contributed by atoms with Gasteiger partial charge in [-0.15, -0.1) is 0 Å². The first-order valence-corrected chi connectivity index (χ1v) is 8.96. The van der Waals surface area contributed by atoms with E-state index in [1.807, 2.05) is 32.0 Å². The molecule has 1 heterocycles. The zero-order valence-electron chi connectivity index (χ0n) is 13.3. The van der Waals surface area contributed by atoms with Crippen molar-refractivity contribution in [2.24, 2.45) is 0 Å². The van der Waals surface area contributed by atoms with Gasteiger partial charge >= 0.3 is 0 Å². The Hall–Kier alpha value is -1.88. The molecule has 0 saturated carbocycles. The first kappa shape index (κ1) is 16.5. The van der Waals surface area contributed by atoms with Gasteiger partial charge in [0, 0.05) is 5.69 Å². The number of benzene rings is 1. The molecule has 5 heteroatoms. The quantitative estimate of drug-likeness (QED) is 0.880. The third-order valence-corrected chi connectivity index (χ3v) is 4.76. The molecule has 0 fully saturated rings. The summed E-state index contributed by atoms with van der Waals surface area (Å²) in [6.07, 6.45) is 3.21. The molecule has 1 aromatic carbocycles. The molecule has 0 spiro atoms. The minimum Gasteiger partial charge on any atom is -0.263 e. The molecule has 0 radical (unpaired) electrons. The molecule has 2 aromatic rings. The third-order valence-electron chi connectivity index (χ3n) is 3.39. The molecule has 22 heavy (non-hydrogen) atoms. The second-order valence-electron chi connectivity index (χ2n) is 5.52. The van der Waals surface area contributed by atoms with Crippen LogP contribution in [-0.2, 0) is 16.4 Å². The van der Waals surface area contributed by atoms with E-state index in [1.165, 1.54) is 0 Å². The summed E-state index contributed by atoms with van der Waals surface area (Å²) < 4.78 is 27.3. The fraction of sp³-hybridized carbons (Fsp3) is 0.353. The fourth-order valence-electron chi connectivity index (χ4n) is 2.31. The van der Waals surface area contributed by atoms with Gasteiger partial charge in [0.15, 0.2) is 0 Å². The van der Waals surface area contributed by atoms with Crippen LogP contribution in [0.15, 0.2) is 41.3 Å². The maximum atomic E-state index is 12.4. The first-order chi connectivity index (χ1) is 10.4. The van der Waals surface area contributed by atoms with Crippen LogP contribution in [0.1, 0.15) is 36.6 Å². The third kappa shape index (κ3) is 4.31. The number of sulfonamides is 1. The van der Waals surface area contributed by atoms with Crippen LogP contribution in [0, 0.1) is 13.8 Å². The summed E-state index contributed by atoms with van der Waals surface area (Å²) in [7, 11) is -3.60. The van der Waals surface area contributed by atoms with Crippen LogP contribution in [0.5, 0.6) is 0 Å². The van der Waals surface area contributed by atoms with Crippen molar-refractivity contribution < 1.29 is 8.42 Å². The van der Waals surface area contributed by atoms with E-state index in [-0.39, 0.29) is 4.90 Å². The standard InChI is InChI=1S/C17H22N2O2S/c1-4-5-6-15-7-9-16(10-8-15)22(20,21)19-17-12-13(2)11-14(3)18-17/h7-12H,4-6H2,1-3H3,(H,18,19). The van der Waals surface area contributed by atoms with Crippen molar-refractivity contribution in [3.05, 3.63) is 53.2 Å². The number of anilines is 1. The Bertz CT molecular complexity index is 718. The smallest absolute Gasteiger partial charge is 0.263 e. The molecule has 0 saturated heterocycles. The van der Waals surface area contributed by atoms with E-state index >= 15 is 0 Å². The number of unbranched alkanes of at least 4 members (excludes halogenated alkanes) is 1. The van der Waals surface area contributed by atoms with Gasteiger partial charge in [-0.25, -0.2) is 13.4 Å². The van der Waals surface area contributed by atoms with Gasteiger partial charge in [0.1, 0.15) is 5.82 Å². The lowest BCUT2D eigenvalue weighted by Gasteiger charge is -2.09. The molecular formula is C17H22N2O2S. The summed E-state index contributed by atoms with van der Waals surface area (Å²) in [5, 5.41) is 0. The molecule has 0 atom stereocenters. The van der Waals surface area contributed by atoms with Crippen molar-refractivity contribution in [1.82, 2.24) is 4.98 Å². The van der Waals surface area contributed by atoms with Crippen LogP contribution in [0.25, 0.3) is 0 Å². The molecular weight excluding hydrogens is 296 g/mol. The van der Waals surface area contributed by atoms with E-state index in [0.717, 1.165) is 36.1 Å². The van der Waals surface area contributed by atoms with Crippen LogP contribution in [0.3, 0.4) is 0 Å². The zero-order chi connectivity index (χ0) is 16.2. The van der Waals surface area contributed by atoms with Gasteiger partial charge in [-0.05, 0) is 62.1 Å². The summed E-state index contributed by atoms with van der Waals surface area (Å²) >= 11 is 0. The minimum absolute atomic E-state index is 0.258. The van der Waals surface area contributed by atoms with Crippen molar-refractivity contribution in [1.29, 1.82) is 0 Å². The first-order valence-electron chi connectivity index (χ1n) is 7.48. The molecule has 0 bridgehead atoms. The van der Waals surface area contributed by atoms with Crippen LogP contribution in [0.2, 0.25) is 0 Å². The minimum atomic E-state index is -3.60. The predicted molar refractivity (Wildman–Crippen MR) is 89.6 cm³/mol. The van der Waals surface area contributed by atoms with Crippen molar-refractivity contribution >= 4 is 15.8 Å². The number of nitrogens with zero attached hydrogens (tertiary/aromatic N) is 1. The number of hydrogen-bond acceptors (Lipinski definition) is 3. The van der Waals surface area contributed by atoms with Crippen molar-refractivity contribution in [3.63, 3.8) is 0 Å². The highest BCUT2D eigenvalue weighted by Gasteiger charge is 2.15. The molecule has 2 rings (SSSR count). The molecule has 4 nitrogen and oxygen atoms in total. The molecule has 0 aliphatic heterocycles. The highest BCUT2D eigenvalue weighted by Crippen LogP contribution is 2.17. The summed E-state index contributed by atoms with van der Waals surface area (Å²) in [6.45, 7) is 5.89. The van der Waals surface area contributed by atoms with E-state index in [1.54, 1.807) is 18.2 Å². The van der Waals surface area contributed by atoms with Gasteiger partial charge in [0.2, 0.25) is 0 Å². The van der Waals surface area contributed by atoms with Crippen LogP contribution in [-0.4, -0.2) is 13.4 Å². The summed E-state index contributed by atoms with van der Waals surface area (Å²) in [5.41, 5.74) is 2.91. The number of pyridine rings is 1. The van der Waals surface area contributed by atoms with Crippen molar-refractivity contribution in [2.75, 3.05) is 4.72 Å². The summed E-state index contributed by atoms with van der Waals surface area (Å²) in [5.74, 6) is 0.354. The number of nitrogens with one attached hydrogen (secondary N) is 1. The molecule has 0 aliphatic carbocycles. The Morgan fingerprint density at radius 3 is 2.36 bits per heavy atom. The Morgan fingerprint density at radius 1 is 1.09 bits per heavy atom. The largest absolute Gasteiger partial charge is 0.263 e. The van der Waals surface area contributed by atoms with Gasteiger partial charge in [-0.3, -0.25) is 4.72 Å². The SMILES string of the molecule is CCCCc1ccc(S(=O)(=O)Nc2cc(C)cc(C)n2)cc1. The lowest BCUT2D eigenvalue weighted by Crippen LogP contribution is -2.14. The highest BCUT2D eigenvalue weighted by atomic mass is 32.2. The highest BCUT2D eigenvalue weighted by molar-refractivity contribution is 7.92. The van der Waals surface area contributed by atoms with E-state index in [9.17, 15) is 8.42 Å². The monoisotopic (exact) mass is 318 g/mol. The normalized spacial score (nSPS) is 11.4. The van der Waals surface area contributed by atoms with Gasteiger partial charge in [-0.1, -0.05) is 25.5 Å². The van der Waals surface area contributed by atoms with E-state index < -0.39 is 10.0 Å². The average molecular weight is 318 g/mol. The second-order valence-corrected chi connectivity index (χ2v) is 7.21. The molecule has 0 amide bonds. The van der Waals surface area contributed by atoms with Crippen molar-refractivity contribution in [2.45, 2.75) is 44.9 Å². The fourth-order valence-corrected chi connectivity index (χ4v) is 3.30. The van der Waals surface area contributed by atoms with Crippen LogP contribution >= 0.6 is 0 Å². The Labute approximate surface area is 132 Å². The molecule has 0 unspecified atom stereocenters. The molecule has 1 aromatic heterocycles. The number of aryl methyl sites for hydroxylation is 3. The number of rotatable bonds is 6. The van der Waals surface area contributed by atoms with Crippen molar-refractivity contribution in [3.8, 4) is 0 Å². The molecule has 118 valence electrons. The Kier molecular flexibility index (Phi) is 5.19. The average Bonchev–Trinajstić information content (AvgIpc) is 2.44. The maximum Gasteiger partial charge on any atom is 0.263 e. The van der Waals surface area contributed by atoms with Crippen LogP contribution < -0.4 is 4.72 Å². The molecule has 1 N–H and O–H groups in total. The summed E-state index contributed by atoms with van der Waals surface area (Å²) in [6, 6.07) is 10.7. The topological polar surface area (TPSA) is 59.1 Å². The van der Waals surface area contributed by atoms with E-state index in [4.69, 9.17) is 0 Å². The molecule has 0 aliphatic rings. The van der Waals surface area contributed by atoms with Gasteiger partial charge in [0.25, 0.3) is 10.0 Å². The second kappa shape index (κ2) is 6.92. The lowest BCUT2D eigenvalue weighted by atomic mass is 10.1. The van der Waals surface area contributed by atoms with E-state index in [0.29, 0.717) is 5.82 Å². The number of hydrogen-bond donors (Lipinski definition) is 1. The maximum absolute atomic E-state index is 12.4. The van der Waals surface area contributed by atoms with Gasteiger partial charge in [0.05, 0.1) is 4.90 Å². The van der Waals surface area contributed by atoms with E-state index in [2.05, 4.69) is 16.6 Å². The van der Waals surface area contributed by atoms with Crippen LogP contribution in [0.4, 0.5) is 5.82 Å². The number of aromatic nitrogens is 1. The van der Waals surface area contributed by atoms with Gasteiger partial charge < -0.3 is 0 Å². The summed E-state index contributed by atoms with van der Waals surface area (Å²) in [4.78, 5) is 4.47.